The monoisotopic (exact) mass is 887 g/mol. The van der Waals surface area contributed by atoms with Gasteiger partial charge in [0.05, 0.1) is 27.7 Å². The quantitative estimate of drug-likeness (QED) is 0.0212. The summed E-state index contributed by atoms with van der Waals surface area (Å²) >= 11 is 0. The van der Waals surface area contributed by atoms with Gasteiger partial charge in [-0.15, -0.1) is 0 Å². The molecule has 0 saturated heterocycles. The minimum Gasteiger partial charge on any atom is -0.462 e. The minimum absolute atomic E-state index is 0.0343. The van der Waals surface area contributed by atoms with Gasteiger partial charge >= 0.3 is 19.8 Å². The molecule has 0 aromatic carbocycles. The Morgan fingerprint density at radius 2 is 0.836 bits per heavy atom. The maximum atomic E-state index is 12.8. The van der Waals surface area contributed by atoms with E-state index in [1.165, 1.54) is 173 Å². The van der Waals surface area contributed by atoms with Crippen molar-refractivity contribution in [3.05, 3.63) is 12.2 Å². The van der Waals surface area contributed by atoms with Crippen LogP contribution >= 0.6 is 7.82 Å². The van der Waals surface area contributed by atoms with Gasteiger partial charge in [-0.1, -0.05) is 212 Å². The van der Waals surface area contributed by atoms with Crippen molar-refractivity contribution < 1.29 is 42.1 Å². The number of phosphoric ester groups is 1. The molecule has 0 heterocycles. The summed E-state index contributed by atoms with van der Waals surface area (Å²) in [6.07, 6.45) is 48.3. The summed E-state index contributed by atoms with van der Waals surface area (Å²) in [5.74, 6) is -0.788. The zero-order valence-corrected chi connectivity index (χ0v) is 41.8. The summed E-state index contributed by atoms with van der Waals surface area (Å²) in [5, 5.41) is 0. The third kappa shape index (κ3) is 48.1. The van der Waals surface area contributed by atoms with E-state index in [9.17, 15) is 19.0 Å². The largest absolute Gasteiger partial charge is 0.472 e. The zero-order valence-electron chi connectivity index (χ0n) is 40.9. The van der Waals surface area contributed by atoms with Crippen molar-refractivity contribution in [3.63, 3.8) is 0 Å². The van der Waals surface area contributed by atoms with Crippen molar-refractivity contribution in [1.29, 1.82) is 0 Å². The molecule has 0 aromatic rings. The van der Waals surface area contributed by atoms with E-state index in [2.05, 4.69) is 26.0 Å². The van der Waals surface area contributed by atoms with Gasteiger partial charge in [0.15, 0.2) is 6.10 Å². The molecule has 10 heteroatoms. The van der Waals surface area contributed by atoms with Crippen molar-refractivity contribution >= 4 is 19.8 Å². The van der Waals surface area contributed by atoms with Crippen LogP contribution in [0.25, 0.3) is 0 Å². The van der Waals surface area contributed by atoms with E-state index >= 15 is 0 Å². The second kappa shape index (κ2) is 44.0. The van der Waals surface area contributed by atoms with Crippen LogP contribution in [-0.4, -0.2) is 74.9 Å². The van der Waals surface area contributed by atoms with Crippen LogP contribution in [0.2, 0.25) is 0 Å². The molecule has 0 aliphatic rings. The van der Waals surface area contributed by atoms with E-state index in [0.29, 0.717) is 23.9 Å². The molecule has 1 N–H and O–H groups in total. The Bertz CT molecular complexity index is 1050. The van der Waals surface area contributed by atoms with Crippen molar-refractivity contribution in [2.24, 2.45) is 0 Å². The number of phosphoric acid groups is 1. The summed E-state index contributed by atoms with van der Waals surface area (Å²) < 4.78 is 34.5. The van der Waals surface area contributed by atoms with Gasteiger partial charge in [-0.25, -0.2) is 4.57 Å². The molecule has 0 rings (SSSR count). The molecule has 0 aliphatic carbocycles. The van der Waals surface area contributed by atoms with Crippen LogP contribution in [0.1, 0.15) is 251 Å². The Morgan fingerprint density at radius 1 is 0.492 bits per heavy atom. The predicted molar refractivity (Wildman–Crippen MR) is 257 cm³/mol. The maximum absolute atomic E-state index is 12.8. The lowest BCUT2D eigenvalue weighted by molar-refractivity contribution is -0.870. The number of esters is 2. The van der Waals surface area contributed by atoms with Crippen molar-refractivity contribution in [3.8, 4) is 0 Å². The van der Waals surface area contributed by atoms with Crippen molar-refractivity contribution in [1.82, 2.24) is 0 Å². The molecular formula is C51H101NO8P+. The highest BCUT2D eigenvalue weighted by atomic mass is 31.2. The van der Waals surface area contributed by atoms with Gasteiger partial charge in [0, 0.05) is 12.8 Å². The third-order valence-corrected chi connectivity index (χ3v) is 12.5. The lowest BCUT2D eigenvalue weighted by Gasteiger charge is -2.24. The van der Waals surface area contributed by atoms with Crippen molar-refractivity contribution in [2.75, 3.05) is 47.5 Å². The number of hydrogen-bond donors (Lipinski definition) is 1. The number of unbranched alkanes of at least 4 members (excludes halogenated alkanes) is 32. The molecule has 2 atom stereocenters. The smallest absolute Gasteiger partial charge is 0.462 e. The highest BCUT2D eigenvalue weighted by Gasteiger charge is 2.27. The third-order valence-electron chi connectivity index (χ3n) is 11.5. The Labute approximate surface area is 377 Å². The molecule has 0 bridgehead atoms. The summed E-state index contributed by atoms with van der Waals surface area (Å²) in [7, 11) is 1.49. The lowest BCUT2D eigenvalue weighted by atomic mass is 10.0. The van der Waals surface area contributed by atoms with Crippen molar-refractivity contribution in [2.45, 2.75) is 258 Å². The van der Waals surface area contributed by atoms with E-state index in [1.54, 1.807) is 0 Å². The molecule has 9 nitrogen and oxygen atoms in total. The molecule has 0 amide bonds. The van der Waals surface area contributed by atoms with Gasteiger partial charge in [-0.2, -0.15) is 0 Å². The number of likely N-dealkylation sites (N-methyl/N-ethyl adjacent to an activating group) is 1. The highest BCUT2D eigenvalue weighted by molar-refractivity contribution is 7.47. The number of carbonyl (C=O) groups excluding carboxylic acids is 2. The fourth-order valence-corrected chi connectivity index (χ4v) is 8.22. The number of nitrogens with zero attached hydrogens (tertiary/aromatic N) is 1. The molecule has 0 radical (unpaired) electrons. The Morgan fingerprint density at radius 3 is 1.21 bits per heavy atom. The fourth-order valence-electron chi connectivity index (χ4n) is 7.48. The molecule has 0 spiro atoms. The van der Waals surface area contributed by atoms with Gasteiger partial charge in [0.25, 0.3) is 0 Å². The molecular weight excluding hydrogens is 786 g/mol. The molecule has 0 aliphatic heterocycles. The van der Waals surface area contributed by atoms with E-state index in [1.807, 2.05) is 21.1 Å². The van der Waals surface area contributed by atoms with Gasteiger partial charge in [0.1, 0.15) is 19.8 Å². The molecule has 1 unspecified atom stereocenters. The van der Waals surface area contributed by atoms with Gasteiger partial charge in [-0.3, -0.25) is 18.6 Å². The van der Waals surface area contributed by atoms with Crippen LogP contribution < -0.4 is 0 Å². The topological polar surface area (TPSA) is 108 Å². The van der Waals surface area contributed by atoms with Gasteiger partial charge in [-0.05, 0) is 38.5 Å². The Hall–Kier alpha value is -1.25. The second-order valence-corrected chi connectivity index (χ2v) is 20.4. The number of rotatable bonds is 48. The number of quaternary nitrogens is 1. The molecule has 0 saturated carbocycles. The normalized spacial score (nSPS) is 13.5. The number of hydrogen-bond acceptors (Lipinski definition) is 7. The summed E-state index contributed by atoms with van der Waals surface area (Å²) in [6, 6.07) is 0. The average Bonchev–Trinajstić information content (AvgIpc) is 3.21. The molecule has 0 fully saturated rings. The van der Waals surface area contributed by atoms with Gasteiger partial charge in [0.2, 0.25) is 0 Å². The van der Waals surface area contributed by atoms with Gasteiger partial charge < -0.3 is 18.9 Å². The molecule has 362 valence electrons. The first-order valence-electron chi connectivity index (χ1n) is 25.9. The lowest BCUT2D eigenvalue weighted by Crippen LogP contribution is -2.37. The summed E-state index contributed by atoms with van der Waals surface area (Å²) in [6.45, 7) is 4.47. The SMILES string of the molecule is CCCCCCCCCC/C=C\CCCCCCCCCC(=O)O[C@H](COC(=O)CCCCCCCCCCCCCCCCCCCC)COP(=O)(O)OCC[N+](C)(C)C. The predicted octanol–water partition coefficient (Wildman–Crippen LogP) is 15.3. The van der Waals surface area contributed by atoms with Crippen LogP contribution in [0.4, 0.5) is 0 Å². The first-order chi connectivity index (χ1) is 29.5. The van der Waals surface area contributed by atoms with E-state index in [0.717, 1.165) is 44.9 Å². The minimum atomic E-state index is -4.38. The second-order valence-electron chi connectivity index (χ2n) is 18.9. The summed E-state index contributed by atoms with van der Waals surface area (Å²) in [4.78, 5) is 35.5. The molecule has 0 aromatic heterocycles. The average molecular weight is 887 g/mol. The number of ether oxygens (including phenoxy) is 2. The highest BCUT2D eigenvalue weighted by Crippen LogP contribution is 2.43. The first kappa shape index (κ1) is 59.8. The Kier molecular flexibility index (Phi) is 43.1. The maximum Gasteiger partial charge on any atom is 0.472 e. The first-order valence-corrected chi connectivity index (χ1v) is 27.4. The van der Waals surface area contributed by atoms with E-state index in [4.69, 9.17) is 18.5 Å². The van der Waals surface area contributed by atoms with E-state index < -0.39 is 26.5 Å². The summed E-state index contributed by atoms with van der Waals surface area (Å²) in [5.41, 5.74) is 0. The Balaban J connectivity index is 4.22. The van der Waals surface area contributed by atoms with Crippen LogP contribution in [0.15, 0.2) is 12.2 Å². The number of carbonyl (C=O) groups is 2. The fraction of sp³-hybridized carbons (Fsp3) is 0.922. The van der Waals surface area contributed by atoms with Crippen LogP contribution in [-0.2, 0) is 32.7 Å². The van der Waals surface area contributed by atoms with Crippen LogP contribution in [0.5, 0.6) is 0 Å². The van der Waals surface area contributed by atoms with E-state index in [-0.39, 0.29) is 25.6 Å². The van der Waals surface area contributed by atoms with Crippen LogP contribution in [0.3, 0.4) is 0 Å². The zero-order chi connectivity index (χ0) is 45.0. The number of allylic oxidation sites excluding steroid dienone is 2. The standard InChI is InChI=1S/C51H100NO8P/c1-6-8-10-12-14-16-18-20-22-24-26-28-30-32-34-36-38-40-42-44-51(54)60-49(48-59-61(55,56)58-46-45-52(3,4)5)47-57-50(53)43-41-39-37-35-33-31-29-27-25-23-21-19-17-15-13-11-9-7-2/h24,26,49H,6-23,25,27-48H2,1-5H3/p+1/b26-24-/t49-/m1/s1. The molecule has 61 heavy (non-hydrogen) atoms. The van der Waals surface area contributed by atoms with Crippen LogP contribution in [0, 0.1) is 0 Å².